The quantitative estimate of drug-likeness (QED) is 0.227. The van der Waals surface area contributed by atoms with Crippen molar-refractivity contribution in [2.24, 2.45) is 0 Å². The molecule has 2 radical (unpaired) electrons. The summed E-state index contributed by atoms with van der Waals surface area (Å²) in [4.78, 5) is 5.12. The maximum atomic E-state index is 6.33. The molecule has 0 aliphatic heterocycles. The largest absolute Gasteiger partial charge is 0.456 e. The lowest BCUT2D eigenvalue weighted by atomic mass is 9.79. The summed E-state index contributed by atoms with van der Waals surface area (Å²) in [6.07, 6.45) is 0.896. The van der Waals surface area contributed by atoms with Crippen LogP contribution in [0.2, 0.25) is 0 Å². The molecule has 7 aromatic rings. The summed E-state index contributed by atoms with van der Waals surface area (Å²) in [7, 11) is 6.33. The predicted octanol–water partition coefficient (Wildman–Crippen LogP) is 8.88. The normalized spacial score (nSPS) is 12.4. The van der Waals surface area contributed by atoms with E-state index >= 15 is 0 Å². The Kier molecular flexibility index (Phi) is 5.40. The van der Waals surface area contributed by atoms with Gasteiger partial charge >= 0.3 is 0 Å². The van der Waals surface area contributed by atoms with E-state index in [1.54, 1.807) is 0 Å². The van der Waals surface area contributed by atoms with E-state index in [9.17, 15) is 0 Å². The smallest absolute Gasteiger partial charge is 0.145 e. The highest BCUT2D eigenvalue weighted by molar-refractivity contribution is 6.13. The number of nitrogens with zero attached hydrogens (tertiary/aromatic N) is 2. The van der Waals surface area contributed by atoms with E-state index < -0.39 is 0 Å². The summed E-state index contributed by atoms with van der Waals surface area (Å²) in [6, 6.07) is 40.0. The lowest BCUT2D eigenvalue weighted by Crippen LogP contribution is -1.97. The van der Waals surface area contributed by atoms with Crippen molar-refractivity contribution in [3.63, 3.8) is 0 Å². The topological polar surface area (TPSA) is 31.0 Å². The van der Waals surface area contributed by atoms with Crippen LogP contribution in [0.1, 0.15) is 24.7 Å². The Labute approximate surface area is 222 Å². The minimum absolute atomic E-state index is 0.0217. The lowest BCUT2D eigenvalue weighted by molar-refractivity contribution is 0.668. The number of rotatable bonds is 5. The molecule has 0 saturated heterocycles. The van der Waals surface area contributed by atoms with Gasteiger partial charge in [-0.25, -0.2) is 4.98 Å². The third kappa shape index (κ3) is 3.72. The molecule has 1 atom stereocenters. The minimum atomic E-state index is 0.0217. The molecule has 0 N–H and O–H groups in total. The van der Waals surface area contributed by atoms with E-state index in [-0.39, 0.29) is 5.82 Å². The maximum Gasteiger partial charge on any atom is 0.145 e. The first-order valence-corrected chi connectivity index (χ1v) is 13.0. The first-order valence-electron chi connectivity index (χ1n) is 13.0. The summed E-state index contributed by atoms with van der Waals surface area (Å²) in [6.45, 7) is 2.11. The second kappa shape index (κ2) is 9.07. The third-order valence-corrected chi connectivity index (χ3v) is 7.40. The average molecular weight is 488 g/mol. The van der Waals surface area contributed by atoms with Crippen LogP contribution in [0.4, 0.5) is 0 Å². The van der Waals surface area contributed by atoms with Crippen molar-refractivity contribution < 1.29 is 4.42 Å². The van der Waals surface area contributed by atoms with Crippen LogP contribution >= 0.6 is 0 Å². The maximum absolute atomic E-state index is 6.33. The molecular formula is C34H25BN2O. The first-order chi connectivity index (χ1) is 18.7. The third-order valence-electron chi connectivity index (χ3n) is 7.40. The van der Waals surface area contributed by atoms with E-state index in [2.05, 4.69) is 109 Å². The summed E-state index contributed by atoms with van der Waals surface area (Å²) in [5.74, 6) is 0.952. The number of benzene rings is 5. The lowest BCUT2D eigenvalue weighted by Gasteiger charge is -2.10. The van der Waals surface area contributed by atoms with E-state index in [4.69, 9.17) is 17.2 Å². The van der Waals surface area contributed by atoms with Crippen LogP contribution in [0.3, 0.4) is 0 Å². The number of para-hydroxylation sites is 1. The number of imidazole rings is 1. The van der Waals surface area contributed by atoms with Crippen molar-refractivity contribution in [1.82, 2.24) is 9.55 Å². The van der Waals surface area contributed by atoms with Gasteiger partial charge in [-0.05, 0) is 59.7 Å². The average Bonchev–Trinajstić information content (AvgIpc) is 3.55. The molecule has 2 heterocycles. The van der Waals surface area contributed by atoms with Gasteiger partial charge in [0.2, 0.25) is 0 Å². The van der Waals surface area contributed by atoms with Gasteiger partial charge in [-0.3, -0.25) is 4.57 Å². The van der Waals surface area contributed by atoms with Crippen LogP contribution < -0.4 is 0 Å². The van der Waals surface area contributed by atoms with Gasteiger partial charge in [-0.15, -0.1) is 0 Å². The zero-order chi connectivity index (χ0) is 25.6. The molecule has 7 rings (SSSR count). The monoisotopic (exact) mass is 488 g/mol. The molecule has 0 aliphatic rings. The van der Waals surface area contributed by atoms with Gasteiger partial charge in [0, 0.05) is 22.0 Å². The SMILES string of the molecule is [B]C(CC)c1ccc2oc3ccc(-c4ccc5c(c4)nc(-c4ccccc4)n5-c4ccccc4)cc3c2c1. The van der Waals surface area contributed by atoms with Gasteiger partial charge in [-0.2, -0.15) is 0 Å². The van der Waals surface area contributed by atoms with Gasteiger partial charge in [0.25, 0.3) is 0 Å². The Morgan fingerprint density at radius 3 is 2.13 bits per heavy atom. The minimum Gasteiger partial charge on any atom is -0.456 e. The summed E-state index contributed by atoms with van der Waals surface area (Å²) in [5, 5.41) is 2.20. The molecule has 5 aromatic carbocycles. The molecule has 3 nitrogen and oxygen atoms in total. The van der Waals surface area contributed by atoms with Crippen LogP contribution in [0.25, 0.3) is 61.2 Å². The number of hydrogen-bond acceptors (Lipinski definition) is 2. The second-order valence-electron chi connectivity index (χ2n) is 9.76. The Balaban J connectivity index is 1.39. The molecule has 0 spiro atoms. The van der Waals surface area contributed by atoms with Gasteiger partial charge < -0.3 is 4.42 Å². The number of aromatic nitrogens is 2. The van der Waals surface area contributed by atoms with Crippen LogP contribution in [0.15, 0.2) is 120 Å². The molecule has 1 unspecified atom stereocenters. The first kappa shape index (κ1) is 22.6. The van der Waals surface area contributed by atoms with E-state index in [1.165, 1.54) is 0 Å². The van der Waals surface area contributed by atoms with Crippen molar-refractivity contribution in [1.29, 1.82) is 0 Å². The van der Waals surface area contributed by atoms with Crippen LogP contribution in [-0.2, 0) is 0 Å². The molecule has 2 aromatic heterocycles. The number of fused-ring (bicyclic) bond motifs is 4. The second-order valence-corrected chi connectivity index (χ2v) is 9.76. The van der Waals surface area contributed by atoms with Crippen molar-refractivity contribution in [3.8, 4) is 28.2 Å². The van der Waals surface area contributed by atoms with Gasteiger partial charge in [0.1, 0.15) is 17.0 Å². The Hall–Kier alpha value is -4.57. The van der Waals surface area contributed by atoms with Crippen molar-refractivity contribution >= 4 is 40.8 Å². The fraction of sp³-hybridized carbons (Fsp3) is 0.0882. The standard InChI is InChI=1S/C34H25BN2O/c1-2-29(35)25-15-18-33-28(20-25)27-19-23(14-17-32(27)38-33)24-13-16-31-30(21-24)36-34(22-9-5-3-6-10-22)37(31)26-11-7-4-8-12-26/h3-21,29H,2H2,1H3. The molecule has 0 fully saturated rings. The highest BCUT2D eigenvalue weighted by Crippen LogP contribution is 2.36. The molecule has 180 valence electrons. The van der Waals surface area contributed by atoms with E-state index in [0.29, 0.717) is 0 Å². The Morgan fingerprint density at radius 1 is 0.711 bits per heavy atom. The van der Waals surface area contributed by atoms with Gasteiger partial charge in [0.15, 0.2) is 0 Å². The zero-order valence-corrected chi connectivity index (χ0v) is 21.1. The van der Waals surface area contributed by atoms with Crippen LogP contribution in [0, 0.1) is 0 Å². The fourth-order valence-corrected chi connectivity index (χ4v) is 5.32. The zero-order valence-electron chi connectivity index (χ0n) is 21.1. The fourth-order valence-electron chi connectivity index (χ4n) is 5.32. The summed E-state index contributed by atoms with van der Waals surface area (Å²) >= 11 is 0. The van der Waals surface area contributed by atoms with E-state index in [1.807, 2.05) is 18.2 Å². The highest BCUT2D eigenvalue weighted by Gasteiger charge is 2.16. The van der Waals surface area contributed by atoms with Crippen molar-refractivity contribution in [2.45, 2.75) is 19.2 Å². The predicted molar refractivity (Wildman–Crippen MR) is 158 cm³/mol. The molecular weight excluding hydrogens is 463 g/mol. The highest BCUT2D eigenvalue weighted by atomic mass is 16.3. The van der Waals surface area contributed by atoms with Crippen molar-refractivity contribution in [2.75, 3.05) is 0 Å². The Bertz CT molecular complexity index is 1920. The Morgan fingerprint density at radius 2 is 1.37 bits per heavy atom. The number of hydrogen-bond donors (Lipinski definition) is 0. The van der Waals surface area contributed by atoms with E-state index in [0.717, 1.165) is 73.2 Å². The summed E-state index contributed by atoms with van der Waals surface area (Å²) < 4.78 is 8.38. The van der Waals surface area contributed by atoms with Crippen molar-refractivity contribution in [3.05, 3.63) is 121 Å². The molecule has 0 aliphatic carbocycles. The molecule has 0 amide bonds. The number of furan rings is 1. The molecule has 0 saturated carbocycles. The molecule has 38 heavy (non-hydrogen) atoms. The van der Waals surface area contributed by atoms with Gasteiger partial charge in [-0.1, -0.05) is 91.5 Å². The molecule has 0 bridgehead atoms. The van der Waals surface area contributed by atoms with Gasteiger partial charge in [0.05, 0.1) is 18.9 Å². The summed E-state index contributed by atoms with van der Waals surface area (Å²) in [5.41, 5.74) is 9.35. The van der Waals surface area contributed by atoms with Crippen LogP contribution in [0.5, 0.6) is 0 Å². The molecule has 4 heteroatoms. The van der Waals surface area contributed by atoms with Crippen LogP contribution in [-0.4, -0.2) is 17.4 Å².